The molecule has 1 aromatic carbocycles. The lowest BCUT2D eigenvalue weighted by Gasteiger charge is -2.06. The predicted molar refractivity (Wildman–Crippen MR) is 80.7 cm³/mol. The van der Waals surface area contributed by atoms with Crippen LogP contribution < -0.4 is 5.32 Å². The van der Waals surface area contributed by atoms with E-state index < -0.39 is 0 Å². The van der Waals surface area contributed by atoms with Gasteiger partial charge in [0.15, 0.2) is 0 Å². The van der Waals surface area contributed by atoms with Crippen LogP contribution in [-0.4, -0.2) is 31.0 Å². The Bertz CT molecular complexity index is 402. The second-order valence-electron chi connectivity index (χ2n) is 3.54. The van der Waals surface area contributed by atoms with Crippen LogP contribution in [0.4, 0.5) is 0 Å². The summed E-state index contributed by atoms with van der Waals surface area (Å²) < 4.78 is 6.06. The molecule has 6 heteroatoms. The molecule has 0 unspecified atom stereocenters. The number of hydrogen-bond acceptors (Lipinski definition) is 2. The fraction of sp³-hybridized carbons (Fsp3) is 0.417. The largest absolute Gasteiger partial charge is 0.381 e. The Kier molecular flexibility index (Phi) is 7.90. The number of amides is 1. The molecule has 100 valence electrons. The minimum absolute atomic E-state index is 0.120. The molecule has 1 rings (SSSR count). The van der Waals surface area contributed by atoms with E-state index in [2.05, 4.69) is 37.2 Å². The zero-order chi connectivity index (χ0) is 13.4. The molecule has 1 aromatic rings. The first-order chi connectivity index (χ1) is 8.65. The topological polar surface area (TPSA) is 38.3 Å². The highest BCUT2D eigenvalue weighted by atomic mass is 79.9. The maximum atomic E-state index is 11.8. The molecule has 0 spiro atoms. The number of nitrogens with one attached hydrogen (secondary N) is 1. The van der Waals surface area contributed by atoms with Gasteiger partial charge in [-0.05, 0) is 40.5 Å². The number of halogens is 3. The van der Waals surface area contributed by atoms with E-state index in [1.807, 2.05) is 0 Å². The number of hydrogen-bond donors (Lipinski definition) is 1. The second-order valence-corrected chi connectivity index (χ2v) is 5.59. The van der Waals surface area contributed by atoms with Crippen molar-refractivity contribution in [1.29, 1.82) is 0 Å². The maximum Gasteiger partial charge on any atom is 0.251 e. The Morgan fingerprint density at radius 1 is 1.39 bits per heavy atom. The van der Waals surface area contributed by atoms with Crippen molar-refractivity contribution in [2.75, 3.05) is 25.1 Å². The van der Waals surface area contributed by atoms with Crippen molar-refractivity contribution >= 4 is 49.4 Å². The van der Waals surface area contributed by atoms with Crippen molar-refractivity contribution in [3.8, 4) is 0 Å². The summed E-state index contributed by atoms with van der Waals surface area (Å²) in [5.74, 6) is -0.120. The lowest BCUT2D eigenvalue weighted by atomic mass is 10.2. The third-order valence-electron chi connectivity index (χ3n) is 2.15. The van der Waals surface area contributed by atoms with E-state index in [0.717, 1.165) is 16.2 Å². The SMILES string of the molecule is O=C(NCCCOCCBr)c1ccc(Br)c(Cl)c1. The molecule has 18 heavy (non-hydrogen) atoms. The van der Waals surface area contributed by atoms with Gasteiger partial charge in [0.25, 0.3) is 5.91 Å². The van der Waals surface area contributed by atoms with Gasteiger partial charge >= 0.3 is 0 Å². The van der Waals surface area contributed by atoms with E-state index >= 15 is 0 Å². The first-order valence-electron chi connectivity index (χ1n) is 5.52. The van der Waals surface area contributed by atoms with Crippen LogP contribution in [0.1, 0.15) is 16.8 Å². The zero-order valence-corrected chi connectivity index (χ0v) is 13.6. The minimum Gasteiger partial charge on any atom is -0.381 e. The summed E-state index contributed by atoms with van der Waals surface area (Å²) in [6, 6.07) is 5.13. The number of ether oxygens (including phenoxy) is 1. The second kappa shape index (κ2) is 8.91. The Morgan fingerprint density at radius 2 is 2.17 bits per heavy atom. The smallest absolute Gasteiger partial charge is 0.251 e. The molecule has 0 radical (unpaired) electrons. The summed E-state index contributed by atoms with van der Waals surface area (Å²) in [5.41, 5.74) is 0.560. The van der Waals surface area contributed by atoms with Gasteiger partial charge in [-0.2, -0.15) is 0 Å². The van der Waals surface area contributed by atoms with Crippen LogP contribution in [0.3, 0.4) is 0 Å². The van der Waals surface area contributed by atoms with Crippen molar-refractivity contribution in [2.24, 2.45) is 0 Å². The third-order valence-corrected chi connectivity index (χ3v) is 3.71. The molecule has 0 saturated carbocycles. The Labute approximate surface area is 128 Å². The van der Waals surface area contributed by atoms with Crippen LogP contribution in [0, 0.1) is 0 Å². The van der Waals surface area contributed by atoms with Crippen LogP contribution in [0.25, 0.3) is 0 Å². The predicted octanol–water partition coefficient (Wildman–Crippen LogP) is 3.63. The molecule has 0 fully saturated rings. The van der Waals surface area contributed by atoms with E-state index in [9.17, 15) is 4.79 Å². The number of benzene rings is 1. The number of carbonyl (C=O) groups excluding carboxylic acids is 1. The van der Waals surface area contributed by atoms with Gasteiger partial charge in [-0.25, -0.2) is 0 Å². The highest BCUT2D eigenvalue weighted by Gasteiger charge is 2.06. The van der Waals surface area contributed by atoms with Gasteiger partial charge in [0.05, 0.1) is 11.6 Å². The fourth-order valence-corrected chi connectivity index (χ4v) is 1.93. The first-order valence-corrected chi connectivity index (χ1v) is 7.81. The highest BCUT2D eigenvalue weighted by Crippen LogP contribution is 2.23. The highest BCUT2D eigenvalue weighted by molar-refractivity contribution is 9.10. The van der Waals surface area contributed by atoms with Gasteiger partial charge in [0.2, 0.25) is 0 Å². The lowest BCUT2D eigenvalue weighted by Crippen LogP contribution is -2.25. The van der Waals surface area contributed by atoms with Crippen molar-refractivity contribution in [2.45, 2.75) is 6.42 Å². The summed E-state index contributed by atoms with van der Waals surface area (Å²) in [4.78, 5) is 11.8. The van der Waals surface area contributed by atoms with Gasteiger partial charge < -0.3 is 10.1 Å². The van der Waals surface area contributed by atoms with Crippen LogP contribution in [0.5, 0.6) is 0 Å². The van der Waals surface area contributed by atoms with Crippen molar-refractivity contribution < 1.29 is 9.53 Å². The number of alkyl halides is 1. The molecule has 0 aliphatic rings. The summed E-state index contributed by atoms with van der Waals surface area (Å²) >= 11 is 12.5. The van der Waals surface area contributed by atoms with Crippen LogP contribution in [-0.2, 0) is 4.74 Å². The lowest BCUT2D eigenvalue weighted by molar-refractivity contribution is 0.0944. The first kappa shape index (κ1) is 16.0. The van der Waals surface area contributed by atoms with E-state index in [0.29, 0.717) is 30.3 Å². The Balaban J connectivity index is 2.30. The van der Waals surface area contributed by atoms with Gasteiger partial charge in [0.1, 0.15) is 0 Å². The normalized spacial score (nSPS) is 10.4. The quantitative estimate of drug-likeness (QED) is 0.562. The van der Waals surface area contributed by atoms with Crippen molar-refractivity contribution in [3.63, 3.8) is 0 Å². The number of rotatable bonds is 7. The molecule has 0 saturated heterocycles. The van der Waals surface area contributed by atoms with E-state index in [1.165, 1.54) is 0 Å². The zero-order valence-electron chi connectivity index (χ0n) is 9.72. The maximum absolute atomic E-state index is 11.8. The van der Waals surface area contributed by atoms with Gasteiger partial charge in [-0.15, -0.1) is 0 Å². The summed E-state index contributed by atoms with van der Waals surface area (Å²) in [7, 11) is 0. The monoisotopic (exact) mass is 397 g/mol. The third kappa shape index (κ3) is 5.69. The molecular weight excluding hydrogens is 385 g/mol. The molecule has 0 heterocycles. The standard InChI is InChI=1S/C12H14Br2ClNO2/c13-4-7-18-6-1-5-16-12(17)9-2-3-10(14)11(15)8-9/h2-3,8H,1,4-7H2,(H,16,17). The molecule has 3 nitrogen and oxygen atoms in total. The van der Waals surface area contributed by atoms with E-state index in [4.69, 9.17) is 16.3 Å². The molecule has 1 amide bonds. The summed E-state index contributed by atoms with van der Waals surface area (Å²) in [5, 5.41) is 4.18. The summed E-state index contributed by atoms with van der Waals surface area (Å²) in [6.45, 7) is 1.93. The molecular formula is C12H14Br2ClNO2. The van der Waals surface area contributed by atoms with E-state index in [1.54, 1.807) is 18.2 Å². The molecule has 0 atom stereocenters. The minimum atomic E-state index is -0.120. The van der Waals surface area contributed by atoms with Crippen LogP contribution in [0.15, 0.2) is 22.7 Å². The molecule has 0 aromatic heterocycles. The van der Waals surface area contributed by atoms with E-state index in [-0.39, 0.29) is 5.91 Å². The van der Waals surface area contributed by atoms with Gasteiger partial charge in [0, 0.05) is 28.5 Å². The molecule has 1 N–H and O–H groups in total. The Hall–Kier alpha value is -0.100. The summed E-state index contributed by atoms with van der Waals surface area (Å²) in [6.07, 6.45) is 0.795. The fourth-order valence-electron chi connectivity index (χ4n) is 1.27. The Morgan fingerprint density at radius 3 is 2.83 bits per heavy atom. The average molecular weight is 400 g/mol. The number of carbonyl (C=O) groups is 1. The molecule has 0 bridgehead atoms. The van der Waals surface area contributed by atoms with Crippen LogP contribution >= 0.6 is 43.5 Å². The van der Waals surface area contributed by atoms with Gasteiger partial charge in [-0.3, -0.25) is 4.79 Å². The molecule has 0 aliphatic heterocycles. The van der Waals surface area contributed by atoms with Crippen molar-refractivity contribution in [3.05, 3.63) is 33.3 Å². The molecule has 0 aliphatic carbocycles. The van der Waals surface area contributed by atoms with Gasteiger partial charge in [-0.1, -0.05) is 27.5 Å². The van der Waals surface area contributed by atoms with Crippen LogP contribution in [0.2, 0.25) is 5.02 Å². The average Bonchev–Trinajstić information content (AvgIpc) is 2.36. The van der Waals surface area contributed by atoms with Crippen molar-refractivity contribution in [1.82, 2.24) is 5.32 Å².